The van der Waals surface area contributed by atoms with E-state index in [-0.39, 0.29) is 16.7 Å². The highest BCUT2D eigenvalue weighted by Gasteiger charge is 2.07. The molecule has 0 saturated heterocycles. The van der Waals surface area contributed by atoms with E-state index in [2.05, 4.69) is 11.7 Å². The van der Waals surface area contributed by atoms with Crippen LogP contribution in [0.5, 0.6) is 0 Å². The van der Waals surface area contributed by atoms with Crippen molar-refractivity contribution in [3.8, 4) is 0 Å². The van der Waals surface area contributed by atoms with Crippen LogP contribution >= 0.6 is 23.2 Å². The Morgan fingerprint density at radius 3 is 2.24 bits per heavy atom. The van der Waals surface area contributed by atoms with Crippen LogP contribution in [-0.2, 0) is 9.53 Å². The topological polar surface area (TPSA) is 26.3 Å². The maximum atomic E-state index is 10.9. The number of hydrogen-bond acceptors (Lipinski definition) is 2. The van der Waals surface area contributed by atoms with Crippen molar-refractivity contribution in [1.29, 1.82) is 0 Å². The Morgan fingerprint density at radius 2 is 1.65 bits per heavy atom. The van der Waals surface area contributed by atoms with Gasteiger partial charge in [-0.2, -0.15) is 0 Å². The van der Waals surface area contributed by atoms with E-state index in [9.17, 15) is 4.79 Å². The summed E-state index contributed by atoms with van der Waals surface area (Å²) in [5, 5.41) is 0.506. The molecule has 0 heterocycles. The van der Waals surface area contributed by atoms with Gasteiger partial charge in [-0.15, -0.1) is 23.2 Å². The molecule has 0 rings (SSSR count). The van der Waals surface area contributed by atoms with Crippen LogP contribution in [-0.4, -0.2) is 23.8 Å². The van der Waals surface area contributed by atoms with Crippen LogP contribution in [0.2, 0.25) is 0 Å². The van der Waals surface area contributed by atoms with Crippen molar-refractivity contribution in [1.82, 2.24) is 0 Å². The third-order valence-corrected chi connectivity index (χ3v) is 3.82. The Morgan fingerprint density at radius 1 is 1.06 bits per heavy atom. The van der Waals surface area contributed by atoms with Gasteiger partial charge in [0, 0.05) is 17.2 Å². The predicted molar refractivity (Wildman–Crippen MR) is 73.9 cm³/mol. The molecular formula is C13H24Cl2O2. The minimum atomic E-state index is -0.135. The van der Waals surface area contributed by atoms with Gasteiger partial charge in [0.05, 0.1) is 7.11 Å². The number of methoxy groups -OCH3 is 1. The third-order valence-electron chi connectivity index (χ3n) is 2.85. The van der Waals surface area contributed by atoms with Gasteiger partial charge in [-0.1, -0.05) is 19.8 Å². The van der Waals surface area contributed by atoms with Crippen LogP contribution in [0.4, 0.5) is 0 Å². The van der Waals surface area contributed by atoms with Crippen molar-refractivity contribution in [2.75, 3.05) is 7.11 Å². The van der Waals surface area contributed by atoms with Crippen LogP contribution in [0.3, 0.4) is 0 Å². The first kappa shape index (κ1) is 17.1. The normalized spacial score (nSPS) is 14.4. The summed E-state index contributed by atoms with van der Waals surface area (Å²) >= 11 is 12.2. The first-order valence-corrected chi connectivity index (χ1v) is 7.32. The molecule has 0 aliphatic heterocycles. The highest BCUT2D eigenvalue weighted by atomic mass is 35.5. The van der Waals surface area contributed by atoms with Gasteiger partial charge in [0.25, 0.3) is 0 Å². The van der Waals surface area contributed by atoms with Crippen molar-refractivity contribution in [2.24, 2.45) is 0 Å². The summed E-state index contributed by atoms with van der Waals surface area (Å²) in [5.74, 6) is -0.135. The molecule has 0 N–H and O–H groups in total. The van der Waals surface area contributed by atoms with Gasteiger partial charge in [0.1, 0.15) is 0 Å². The molecule has 0 fully saturated rings. The fourth-order valence-corrected chi connectivity index (χ4v) is 2.11. The van der Waals surface area contributed by atoms with Crippen molar-refractivity contribution in [3.63, 3.8) is 0 Å². The summed E-state index contributed by atoms with van der Waals surface area (Å²) < 4.78 is 4.57. The molecule has 102 valence electrons. The molecular weight excluding hydrogens is 259 g/mol. The molecule has 0 aromatic carbocycles. The Balaban J connectivity index is 3.34. The van der Waals surface area contributed by atoms with Crippen LogP contribution in [0.15, 0.2) is 0 Å². The lowest BCUT2D eigenvalue weighted by Gasteiger charge is -2.10. The summed E-state index contributed by atoms with van der Waals surface area (Å²) in [5.41, 5.74) is 0. The van der Waals surface area contributed by atoms with Gasteiger partial charge in [0.2, 0.25) is 0 Å². The summed E-state index contributed by atoms with van der Waals surface area (Å²) in [7, 11) is 1.42. The predicted octanol–water partition coefficient (Wildman–Crippen LogP) is 4.51. The maximum Gasteiger partial charge on any atom is 0.305 e. The van der Waals surface area contributed by atoms with Gasteiger partial charge in [-0.05, 0) is 32.1 Å². The lowest BCUT2D eigenvalue weighted by atomic mass is 10.1. The quantitative estimate of drug-likeness (QED) is 0.335. The number of hydrogen-bond donors (Lipinski definition) is 0. The summed E-state index contributed by atoms with van der Waals surface area (Å²) in [4.78, 5) is 10.9. The third kappa shape index (κ3) is 10.9. The van der Waals surface area contributed by atoms with E-state index in [1.807, 2.05) is 0 Å². The SMILES string of the molecule is CCC(Cl)CCCC(Cl)CCCCC(=O)OC. The summed E-state index contributed by atoms with van der Waals surface area (Å²) in [6.07, 6.45) is 7.49. The fourth-order valence-electron chi connectivity index (χ4n) is 1.65. The molecule has 0 amide bonds. The number of halogens is 2. The molecule has 0 aromatic rings. The van der Waals surface area contributed by atoms with E-state index in [0.29, 0.717) is 6.42 Å². The van der Waals surface area contributed by atoms with Crippen LogP contribution in [0.1, 0.15) is 58.3 Å². The van der Waals surface area contributed by atoms with Crippen LogP contribution < -0.4 is 0 Å². The Bertz CT molecular complexity index is 198. The molecule has 0 aliphatic carbocycles. The van der Waals surface area contributed by atoms with E-state index in [4.69, 9.17) is 23.2 Å². The molecule has 2 atom stereocenters. The molecule has 0 aromatic heterocycles. The number of unbranched alkanes of at least 4 members (excludes halogenated alkanes) is 1. The Labute approximate surface area is 115 Å². The molecule has 0 aliphatic rings. The Kier molecular flexibility index (Phi) is 11.2. The molecule has 0 bridgehead atoms. The molecule has 17 heavy (non-hydrogen) atoms. The number of carbonyl (C=O) groups excluding carboxylic acids is 1. The first-order valence-electron chi connectivity index (χ1n) is 6.45. The minimum Gasteiger partial charge on any atom is -0.469 e. The Hall–Kier alpha value is 0.0500. The molecule has 2 unspecified atom stereocenters. The van der Waals surface area contributed by atoms with Gasteiger partial charge in [-0.3, -0.25) is 4.79 Å². The molecule has 0 spiro atoms. The number of carbonyl (C=O) groups is 1. The maximum absolute atomic E-state index is 10.9. The molecule has 0 saturated carbocycles. The summed E-state index contributed by atoms with van der Waals surface area (Å²) in [6.45, 7) is 2.10. The molecule has 0 radical (unpaired) electrons. The van der Waals surface area contributed by atoms with Gasteiger partial charge >= 0.3 is 5.97 Å². The first-order chi connectivity index (χ1) is 8.10. The zero-order valence-corrected chi connectivity index (χ0v) is 12.4. The number of rotatable bonds is 10. The van der Waals surface area contributed by atoms with E-state index in [1.165, 1.54) is 7.11 Å². The number of ether oxygens (including phenoxy) is 1. The second-order valence-corrected chi connectivity index (χ2v) is 5.59. The van der Waals surface area contributed by atoms with E-state index in [0.717, 1.165) is 44.9 Å². The highest BCUT2D eigenvalue weighted by Crippen LogP contribution is 2.18. The summed E-state index contributed by atoms with van der Waals surface area (Å²) in [6, 6.07) is 0. The number of esters is 1. The van der Waals surface area contributed by atoms with Gasteiger partial charge in [-0.25, -0.2) is 0 Å². The van der Waals surface area contributed by atoms with E-state index >= 15 is 0 Å². The highest BCUT2D eigenvalue weighted by molar-refractivity contribution is 6.21. The number of alkyl halides is 2. The monoisotopic (exact) mass is 282 g/mol. The second kappa shape index (κ2) is 11.2. The largest absolute Gasteiger partial charge is 0.469 e. The van der Waals surface area contributed by atoms with Crippen molar-refractivity contribution < 1.29 is 9.53 Å². The van der Waals surface area contributed by atoms with Crippen LogP contribution in [0.25, 0.3) is 0 Å². The van der Waals surface area contributed by atoms with Crippen molar-refractivity contribution >= 4 is 29.2 Å². The van der Waals surface area contributed by atoms with Gasteiger partial charge in [0.15, 0.2) is 0 Å². The lowest BCUT2D eigenvalue weighted by Crippen LogP contribution is -2.03. The standard InChI is InChI=1S/C13H24Cl2O2/c1-3-11(14)8-6-9-12(15)7-4-5-10-13(16)17-2/h11-12H,3-10H2,1-2H3. The zero-order valence-electron chi connectivity index (χ0n) is 10.9. The molecule has 4 heteroatoms. The minimum absolute atomic E-state index is 0.135. The van der Waals surface area contributed by atoms with Crippen molar-refractivity contribution in [3.05, 3.63) is 0 Å². The average Bonchev–Trinajstić information content (AvgIpc) is 2.33. The second-order valence-electron chi connectivity index (χ2n) is 4.36. The van der Waals surface area contributed by atoms with E-state index < -0.39 is 0 Å². The van der Waals surface area contributed by atoms with E-state index in [1.54, 1.807) is 0 Å². The zero-order chi connectivity index (χ0) is 13.1. The average molecular weight is 283 g/mol. The molecule has 2 nitrogen and oxygen atoms in total. The lowest BCUT2D eigenvalue weighted by molar-refractivity contribution is -0.140. The van der Waals surface area contributed by atoms with Gasteiger partial charge < -0.3 is 4.74 Å². The van der Waals surface area contributed by atoms with Crippen LogP contribution in [0, 0.1) is 0 Å². The van der Waals surface area contributed by atoms with Crippen molar-refractivity contribution in [2.45, 2.75) is 69.0 Å². The smallest absolute Gasteiger partial charge is 0.305 e. The fraction of sp³-hybridized carbons (Fsp3) is 0.923.